The Balaban J connectivity index is 1.32. The molecule has 0 aromatic carbocycles. The van der Waals surface area contributed by atoms with Crippen LogP contribution in [0.1, 0.15) is 103 Å². The van der Waals surface area contributed by atoms with E-state index in [1.807, 2.05) is 0 Å². The van der Waals surface area contributed by atoms with Crippen molar-refractivity contribution in [2.45, 2.75) is 109 Å². The number of anilines is 1. The highest BCUT2D eigenvalue weighted by molar-refractivity contribution is 5.84. The first-order chi connectivity index (χ1) is 16.8. The summed E-state index contributed by atoms with van der Waals surface area (Å²) in [6.45, 7) is 4.80. The van der Waals surface area contributed by atoms with Crippen LogP contribution >= 0.6 is 0 Å². The van der Waals surface area contributed by atoms with Crippen LogP contribution in [0.25, 0.3) is 0 Å². The Hall–Kier alpha value is -1.66. The molecule has 0 radical (unpaired) electrons. The lowest BCUT2D eigenvalue weighted by molar-refractivity contribution is 0.0430. The molecule has 34 heavy (non-hydrogen) atoms. The van der Waals surface area contributed by atoms with Crippen molar-refractivity contribution >= 4 is 11.8 Å². The van der Waals surface area contributed by atoms with Gasteiger partial charge in [-0.15, -0.1) is 0 Å². The van der Waals surface area contributed by atoms with Gasteiger partial charge in [0.05, 0.1) is 19.3 Å². The minimum Gasteiger partial charge on any atom is -0.447 e. The summed E-state index contributed by atoms with van der Waals surface area (Å²) in [6.07, 6.45) is 22.8. The average molecular weight is 477 g/mol. The Morgan fingerprint density at radius 2 is 1.50 bits per heavy atom. The summed E-state index contributed by atoms with van der Waals surface area (Å²) in [7, 11) is 0. The number of hydrogen-bond donors (Lipinski definition) is 1. The molecule has 1 fully saturated rings. The molecular weight excluding hydrogens is 428 g/mol. The standard InChI is InChI=1S/C28H48N2O4/c1-2-3-4-5-6-7-8-9-10-11-12-13-14-15-20-32-22-25-21-27(33-23-25)24-34-28(31)30-26-16-18-29-19-17-26/h16-19,25,27H,2-15,20-24H2,1H3,(H,29,30,31)/t25-,27-/m0/s1. The minimum absolute atomic E-state index is 0.0437. The van der Waals surface area contributed by atoms with Crippen LogP contribution in [0.15, 0.2) is 24.5 Å². The van der Waals surface area contributed by atoms with E-state index in [0.717, 1.165) is 26.1 Å². The summed E-state index contributed by atoms with van der Waals surface area (Å²) in [5.74, 6) is 0.392. The third-order valence-corrected chi connectivity index (χ3v) is 6.49. The monoisotopic (exact) mass is 476 g/mol. The first-order valence-corrected chi connectivity index (χ1v) is 13.8. The lowest BCUT2D eigenvalue weighted by Gasteiger charge is -2.11. The van der Waals surface area contributed by atoms with Crippen molar-refractivity contribution in [3.05, 3.63) is 24.5 Å². The van der Waals surface area contributed by atoms with Gasteiger partial charge in [-0.25, -0.2) is 4.79 Å². The van der Waals surface area contributed by atoms with E-state index in [4.69, 9.17) is 14.2 Å². The van der Waals surface area contributed by atoms with Crippen LogP contribution in [-0.4, -0.2) is 43.6 Å². The number of nitrogens with one attached hydrogen (secondary N) is 1. The zero-order chi connectivity index (χ0) is 24.1. The molecule has 2 atom stereocenters. The molecule has 1 amide bonds. The van der Waals surface area contributed by atoms with E-state index >= 15 is 0 Å². The van der Waals surface area contributed by atoms with Gasteiger partial charge in [-0.2, -0.15) is 0 Å². The Labute approximate surface area is 207 Å². The van der Waals surface area contributed by atoms with Crippen molar-refractivity contribution in [1.29, 1.82) is 0 Å². The highest BCUT2D eigenvalue weighted by Crippen LogP contribution is 2.21. The first kappa shape index (κ1) is 28.6. The summed E-state index contributed by atoms with van der Waals surface area (Å²) in [6, 6.07) is 3.44. The number of nitrogens with zero attached hydrogens (tertiary/aromatic N) is 1. The molecule has 6 nitrogen and oxygen atoms in total. The molecule has 1 saturated heterocycles. The molecule has 0 unspecified atom stereocenters. The molecule has 6 heteroatoms. The molecule has 1 aromatic heterocycles. The molecule has 0 saturated carbocycles. The van der Waals surface area contributed by atoms with Crippen molar-refractivity contribution in [1.82, 2.24) is 4.98 Å². The van der Waals surface area contributed by atoms with Gasteiger partial charge in [-0.1, -0.05) is 90.4 Å². The molecule has 0 spiro atoms. The molecule has 0 bridgehead atoms. The van der Waals surface area contributed by atoms with Crippen molar-refractivity contribution in [2.75, 3.05) is 31.7 Å². The predicted octanol–water partition coefficient (Wildman–Crippen LogP) is 7.53. The number of unbranched alkanes of at least 4 members (excludes halogenated alkanes) is 13. The number of ether oxygens (including phenoxy) is 3. The second-order valence-corrected chi connectivity index (χ2v) is 9.69. The van der Waals surface area contributed by atoms with Crippen molar-refractivity contribution in [3.63, 3.8) is 0 Å². The number of amides is 1. The van der Waals surface area contributed by atoms with Gasteiger partial charge < -0.3 is 14.2 Å². The van der Waals surface area contributed by atoms with Crippen LogP contribution in [0.5, 0.6) is 0 Å². The molecule has 0 aliphatic carbocycles. The third-order valence-electron chi connectivity index (χ3n) is 6.49. The lowest BCUT2D eigenvalue weighted by Crippen LogP contribution is -2.21. The van der Waals surface area contributed by atoms with Crippen LogP contribution in [0.4, 0.5) is 10.5 Å². The summed E-state index contributed by atoms with van der Waals surface area (Å²) >= 11 is 0. The van der Waals surface area contributed by atoms with Gasteiger partial charge in [-0.3, -0.25) is 10.3 Å². The third kappa shape index (κ3) is 14.6. The van der Waals surface area contributed by atoms with E-state index in [-0.39, 0.29) is 12.7 Å². The topological polar surface area (TPSA) is 69.7 Å². The number of hydrogen-bond acceptors (Lipinski definition) is 5. The fraction of sp³-hybridized carbons (Fsp3) is 0.786. The second-order valence-electron chi connectivity index (χ2n) is 9.69. The maximum absolute atomic E-state index is 11.9. The van der Waals surface area contributed by atoms with E-state index < -0.39 is 6.09 Å². The van der Waals surface area contributed by atoms with Crippen LogP contribution in [0.3, 0.4) is 0 Å². The van der Waals surface area contributed by atoms with E-state index in [1.165, 1.54) is 83.5 Å². The molecular formula is C28H48N2O4. The first-order valence-electron chi connectivity index (χ1n) is 13.8. The zero-order valence-corrected chi connectivity index (χ0v) is 21.5. The van der Waals surface area contributed by atoms with E-state index in [2.05, 4.69) is 17.2 Å². The van der Waals surface area contributed by atoms with Gasteiger partial charge in [0, 0.05) is 30.6 Å². The fourth-order valence-corrected chi connectivity index (χ4v) is 4.42. The van der Waals surface area contributed by atoms with Crippen LogP contribution in [0.2, 0.25) is 0 Å². The average Bonchev–Trinajstić information content (AvgIpc) is 3.31. The molecule has 1 N–H and O–H groups in total. The van der Waals surface area contributed by atoms with E-state index in [9.17, 15) is 4.79 Å². The highest BCUT2D eigenvalue weighted by atomic mass is 16.6. The molecule has 1 aromatic rings. The number of rotatable bonds is 20. The van der Waals surface area contributed by atoms with Crippen LogP contribution < -0.4 is 5.32 Å². The van der Waals surface area contributed by atoms with Gasteiger partial charge in [0.15, 0.2) is 0 Å². The number of aromatic nitrogens is 1. The second kappa shape index (κ2) is 19.6. The largest absolute Gasteiger partial charge is 0.447 e. The van der Waals surface area contributed by atoms with Gasteiger partial charge in [0.25, 0.3) is 0 Å². The predicted molar refractivity (Wildman–Crippen MR) is 138 cm³/mol. The highest BCUT2D eigenvalue weighted by Gasteiger charge is 2.26. The van der Waals surface area contributed by atoms with Gasteiger partial charge in [0.2, 0.25) is 0 Å². The SMILES string of the molecule is CCCCCCCCCCCCCCCCOC[C@H]1CO[C@H](COC(=O)Nc2ccncc2)C1. The Morgan fingerprint density at radius 1 is 0.912 bits per heavy atom. The van der Waals surface area contributed by atoms with Crippen LogP contribution in [-0.2, 0) is 14.2 Å². The molecule has 2 heterocycles. The molecule has 1 aliphatic rings. The number of carbonyl (C=O) groups excluding carboxylic acids is 1. The zero-order valence-electron chi connectivity index (χ0n) is 21.5. The van der Waals surface area contributed by atoms with Crippen molar-refractivity contribution < 1.29 is 19.0 Å². The normalized spacial score (nSPS) is 17.7. The summed E-state index contributed by atoms with van der Waals surface area (Å²) < 4.78 is 16.9. The summed E-state index contributed by atoms with van der Waals surface area (Å²) in [5.41, 5.74) is 0.669. The Kier molecular flexibility index (Phi) is 16.5. The maximum atomic E-state index is 11.9. The molecule has 194 valence electrons. The Bertz CT molecular complexity index is 614. The molecule has 2 rings (SSSR count). The van der Waals surface area contributed by atoms with Crippen molar-refractivity contribution in [3.8, 4) is 0 Å². The van der Waals surface area contributed by atoms with Crippen LogP contribution in [0, 0.1) is 5.92 Å². The summed E-state index contributed by atoms with van der Waals surface area (Å²) in [5, 5.41) is 2.68. The number of pyridine rings is 1. The van der Waals surface area contributed by atoms with E-state index in [1.54, 1.807) is 24.5 Å². The fourth-order valence-electron chi connectivity index (χ4n) is 4.42. The van der Waals surface area contributed by atoms with E-state index in [0.29, 0.717) is 18.2 Å². The minimum atomic E-state index is -0.465. The molecule has 1 aliphatic heterocycles. The summed E-state index contributed by atoms with van der Waals surface area (Å²) in [4.78, 5) is 15.8. The van der Waals surface area contributed by atoms with Crippen molar-refractivity contribution in [2.24, 2.45) is 5.92 Å². The lowest BCUT2D eigenvalue weighted by atomic mass is 10.0. The maximum Gasteiger partial charge on any atom is 0.411 e. The van der Waals surface area contributed by atoms with Gasteiger partial charge in [0.1, 0.15) is 6.61 Å². The smallest absolute Gasteiger partial charge is 0.411 e. The Morgan fingerprint density at radius 3 is 2.12 bits per heavy atom. The quantitative estimate of drug-likeness (QED) is 0.197. The van der Waals surface area contributed by atoms with Gasteiger partial charge >= 0.3 is 6.09 Å². The van der Waals surface area contributed by atoms with Gasteiger partial charge in [-0.05, 0) is 25.0 Å². The number of carbonyl (C=O) groups is 1.